The second kappa shape index (κ2) is 16.4. The molecular formula is C14H28O6. The number of esters is 1. The van der Waals surface area contributed by atoms with E-state index in [1.165, 1.54) is 0 Å². The van der Waals surface area contributed by atoms with E-state index in [-0.39, 0.29) is 12.6 Å². The largest absolute Gasteiger partial charge is 0.463 e. The number of aliphatic hydroxyl groups is 1. The zero-order valence-corrected chi connectivity index (χ0v) is 12.5. The summed E-state index contributed by atoms with van der Waals surface area (Å²) in [5.41, 5.74) is 0. The fraction of sp³-hybridized carbons (Fsp3) is 0.929. The van der Waals surface area contributed by atoms with Gasteiger partial charge in [0.1, 0.15) is 6.61 Å². The molecule has 0 rings (SSSR count). The molecule has 0 aromatic carbocycles. The van der Waals surface area contributed by atoms with Gasteiger partial charge in [-0.15, -0.1) is 0 Å². The Labute approximate surface area is 121 Å². The number of hydrogen-bond donors (Lipinski definition) is 1. The van der Waals surface area contributed by atoms with Gasteiger partial charge in [0.25, 0.3) is 0 Å². The van der Waals surface area contributed by atoms with Crippen LogP contribution < -0.4 is 0 Å². The molecule has 0 radical (unpaired) electrons. The van der Waals surface area contributed by atoms with E-state index in [1.54, 1.807) is 0 Å². The van der Waals surface area contributed by atoms with Gasteiger partial charge in [0, 0.05) is 6.42 Å². The molecule has 0 aromatic rings. The zero-order chi connectivity index (χ0) is 14.9. The summed E-state index contributed by atoms with van der Waals surface area (Å²) in [5, 5.41) is 8.47. The summed E-state index contributed by atoms with van der Waals surface area (Å²) in [4.78, 5) is 11.2. The highest BCUT2D eigenvalue weighted by Gasteiger charge is 2.01. The van der Waals surface area contributed by atoms with E-state index >= 15 is 0 Å². The molecule has 0 aliphatic carbocycles. The van der Waals surface area contributed by atoms with Crippen LogP contribution in [0.25, 0.3) is 0 Å². The molecule has 6 nitrogen and oxygen atoms in total. The number of rotatable bonds is 15. The van der Waals surface area contributed by atoms with Crippen molar-refractivity contribution in [2.75, 3.05) is 52.9 Å². The van der Waals surface area contributed by atoms with Crippen molar-refractivity contribution in [1.29, 1.82) is 0 Å². The first kappa shape index (κ1) is 19.3. The average molecular weight is 292 g/mol. The Morgan fingerprint density at radius 1 is 0.850 bits per heavy atom. The van der Waals surface area contributed by atoms with Crippen molar-refractivity contribution in [3.63, 3.8) is 0 Å². The van der Waals surface area contributed by atoms with E-state index < -0.39 is 0 Å². The molecule has 20 heavy (non-hydrogen) atoms. The van der Waals surface area contributed by atoms with Gasteiger partial charge in [-0.3, -0.25) is 4.79 Å². The summed E-state index contributed by atoms with van der Waals surface area (Å²) < 4.78 is 20.5. The van der Waals surface area contributed by atoms with E-state index in [0.717, 1.165) is 19.3 Å². The third-order valence-electron chi connectivity index (χ3n) is 2.45. The lowest BCUT2D eigenvalue weighted by atomic mass is 10.2. The van der Waals surface area contributed by atoms with E-state index in [1.807, 2.05) is 0 Å². The van der Waals surface area contributed by atoms with Gasteiger partial charge in [0.05, 0.1) is 46.2 Å². The second-order valence-electron chi connectivity index (χ2n) is 4.24. The lowest BCUT2D eigenvalue weighted by Crippen LogP contribution is -2.14. The molecule has 120 valence electrons. The van der Waals surface area contributed by atoms with Crippen LogP contribution in [0.3, 0.4) is 0 Å². The molecule has 0 saturated carbocycles. The Morgan fingerprint density at radius 3 is 1.95 bits per heavy atom. The minimum absolute atomic E-state index is 0.0281. The van der Waals surface area contributed by atoms with Gasteiger partial charge in [0.2, 0.25) is 0 Å². The fourth-order valence-corrected chi connectivity index (χ4v) is 1.41. The lowest BCUT2D eigenvalue weighted by Gasteiger charge is -2.07. The zero-order valence-electron chi connectivity index (χ0n) is 12.5. The van der Waals surface area contributed by atoms with Crippen LogP contribution in [0.4, 0.5) is 0 Å². The summed E-state index contributed by atoms with van der Waals surface area (Å²) in [6.07, 6.45) is 3.54. The number of ether oxygens (including phenoxy) is 4. The van der Waals surface area contributed by atoms with Crippen molar-refractivity contribution in [2.24, 2.45) is 0 Å². The minimum Gasteiger partial charge on any atom is -0.463 e. The second-order valence-corrected chi connectivity index (χ2v) is 4.24. The highest BCUT2D eigenvalue weighted by atomic mass is 16.6. The number of hydrogen-bond acceptors (Lipinski definition) is 6. The summed E-state index contributed by atoms with van der Waals surface area (Å²) in [6.45, 7) is 5.05. The van der Waals surface area contributed by atoms with Crippen molar-refractivity contribution in [3.8, 4) is 0 Å². The van der Waals surface area contributed by atoms with Crippen LogP contribution in [-0.2, 0) is 23.7 Å². The van der Waals surface area contributed by atoms with Gasteiger partial charge in [-0.2, -0.15) is 0 Å². The molecule has 0 saturated heterocycles. The smallest absolute Gasteiger partial charge is 0.305 e. The predicted molar refractivity (Wildman–Crippen MR) is 74.6 cm³/mol. The van der Waals surface area contributed by atoms with Crippen LogP contribution in [0.5, 0.6) is 0 Å². The first-order chi connectivity index (χ1) is 9.81. The number of carbonyl (C=O) groups excluding carboxylic acids is 1. The Kier molecular flexibility index (Phi) is 15.8. The van der Waals surface area contributed by atoms with Crippen LogP contribution >= 0.6 is 0 Å². The van der Waals surface area contributed by atoms with Crippen molar-refractivity contribution in [1.82, 2.24) is 0 Å². The van der Waals surface area contributed by atoms with Crippen LogP contribution in [0.15, 0.2) is 0 Å². The van der Waals surface area contributed by atoms with E-state index in [0.29, 0.717) is 52.7 Å². The first-order valence-corrected chi connectivity index (χ1v) is 7.31. The maximum atomic E-state index is 11.2. The Morgan fingerprint density at radius 2 is 1.40 bits per heavy atom. The van der Waals surface area contributed by atoms with Crippen molar-refractivity contribution < 1.29 is 28.8 Å². The van der Waals surface area contributed by atoms with Crippen molar-refractivity contribution in [3.05, 3.63) is 0 Å². The molecular weight excluding hydrogens is 264 g/mol. The number of aliphatic hydroxyl groups excluding tert-OH is 1. The van der Waals surface area contributed by atoms with Gasteiger partial charge in [-0.1, -0.05) is 19.8 Å². The Hall–Kier alpha value is -0.690. The quantitative estimate of drug-likeness (QED) is 0.360. The highest BCUT2D eigenvalue weighted by molar-refractivity contribution is 5.69. The topological polar surface area (TPSA) is 74.2 Å². The maximum Gasteiger partial charge on any atom is 0.305 e. The molecule has 1 N–H and O–H groups in total. The van der Waals surface area contributed by atoms with Crippen molar-refractivity contribution in [2.45, 2.75) is 32.6 Å². The monoisotopic (exact) mass is 292 g/mol. The van der Waals surface area contributed by atoms with Crippen LogP contribution in [0.1, 0.15) is 32.6 Å². The molecule has 0 bridgehead atoms. The van der Waals surface area contributed by atoms with Crippen LogP contribution in [0.2, 0.25) is 0 Å². The average Bonchev–Trinajstić information content (AvgIpc) is 2.45. The maximum absolute atomic E-state index is 11.2. The summed E-state index contributed by atoms with van der Waals surface area (Å²) in [7, 11) is 0. The molecule has 0 aliphatic heterocycles. The van der Waals surface area contributed by atoms with Crippen LogP contribution in [0, 0.1) is 0 Å². The minimum atomic E-state index is -0.153. The molecule has 0 amide bonds. The van der Waals surface area contributed by atoms with E-state index in [4.69, 9.17) is 24.1 Å². The molecule has 0 aliphatic rings. The van der Waals surface area contributed by atoms with Gasteiger partial charge in [-0.25, -0.2) is 0 Å². The first-order valence-electron chi connectivity index (χ1n) is 7.31. The predicted octanol–water partition coefficient (Wildman–Crippen LogP) is 1.15. The number of unbranched alkanes of at least 4 members (excludes halogenated alkanes) is 2. The lowest BCUT2D eigenvalue weighted by molar-refractivity contribution is -0.145. The van der Waals surface area contributed by atoms with Gasteiger partial charge >= 0.3 is 5.97 Å². The van der Waals surface area contributed by atoms with E-state index in [2.05, 4.69) is 6.92 Å². The Bertz CT molecular complexity index is 210. The molecule has 6 heteroatoms. The number of carbonyl (C=O) groups is 1. The third kappa shape index (κ3) is 15.4. The van der Waals surface area contributed by atoms with Crippen molar-refractivity contribution >= 4 is 5.97 Å². The molecule has 0 spiro atoms. The fourth-order valence-electron chi connectivity index (χ4n) is 1.41. The summed E-state index contributed by atoms with van der Waals surface area (Å²) in [5.74, 6) is -0.153. The van der Waals surface area contributed by atoms with E-state index in [9.17, 15) is 4.79 Å². The summed E-state index contributed by atoms with van der Waals surface area (Å²) >= 11 is 0. The van der Waals surface area contributed by atoms with Gasteiger partial charge < -0.3 is 24.1 Å². The van der Waals surface area contributed by atoms with Gasteiger partial charge in [-0.05, 0) is 6.42 Å². The molecule has 0 aromatic heterocycles. The standard InChI is InChI=1S/C14H28O6/c1-2-3-4-5-14(16)20-13-12-19-11-10-18-9-8-17-7-6-15/h15H,2-13H2,1H3. The molecule has 0 atom stereocenters. The van der Waals surface area contributed by atoms with Crippen LogP contribution in [-0.4, -0.2) is 63.9 Å². The third-order valence-corrected chi connectivity index (χ3v) is 2.45. The summed E-state index contributed by atoms with van der Waals surface area (Å²) in [6, 6.07) is 0. The SMILES string of the molecule is CCCCCC(=O)OCCOCCOCCOCCO. The Balaban J connectivity index is 3.07. The molecule has 0 fully saturated rings. The molecule has 0 heterocycles. The highest BCUT2D eigenvalue weighted by Crippen LogP contribution is 2.00. The van der Waals surface area contributed by atoms with Gasteiger partial charge in [0.15, 0.2) is 0 Å². The normalized spacial score (nSPS) is 10.7. The molecule has 0 unspecified atom stereocenters.